The highest BCUT2D eigenvalue weighted by atomic mass is 32.1. The van der Waals surface area contributed by atoms with Crippen molar-refractivity contribution in [1.82, 2.24) is 20.6 Å². The molecule has 0 radical (unpaired) electrons. The van der Waals surface area contributed by atoms with Crippen LogP contribution < -0.4 is 20.9 Å². The summed E-state index contributed by atoms with van der Waals surface area (Å²) < 4.78 is 0. The zero-order valence-corrected chi connectivity index (χ0v) is 20.2. The van der Waals surface area contributed by atoms with Gasteiger partial charge in [-0.05, 0) is 82.3 Å². The Hall–Kier alpha value is -1.63. The minimum atomic E-state index is 0.443. The van der Waals surface area contributed by atoms with E-state index in [2.05, 4.69) is 34.9 Å². The van der Waals surface area contributed by atoms with Crippen LogP contribution in [0.1, 0.15) is 81.9 Å². The van der Waals surface area contributed by atoms with Gasteiger partial charge in [-0.3, -0.25) is 0 Å². The summed E-state index contributed by atoms with van der Waals surface area (Å²) >= 11 is 5.57. The molecule has 0 spiro atoms. The molecule has 0 saturated heterocycles. The third-order valence-corrected chi connectivity index (χ3v) is 7.52. The number of thiocarbonyl (C=S) groups is 1. The average molecular weight is 445 g/mol. The number of fused-ring (bicyclic) bond motifs is 1. The molecule has 31 heavy (non-hydrogen) atoms. The maximum atomic E-state index is 5.57. The first-order valence-electron chi connectivity index (χ1n) is 12.5. The molecule has 0 atom stereocenters. The number of anilines is 2. The summed E-state index contributed by atoms with van der Waals surface area (Å²) in [5.74, 6) is 2.71. The first-order chi connectivity index (χ1) is 15.1. The molecule has 3 aliphatic rings. The van der Waals surface area contributed by atoms with Gasteiger partial charge in [-0.15, -0.1) is 0 Å². The molecule has 2 saturated carbocycles. The molecular formula is C24H40N6S. The SMILES string of the molecule is CN(C)c1nc(NC2CCC(NC(=S)NCC3CCCCC3)CC2)nc2c1CCCC2. The van der Waals surface area contributed by atoms with E-state index in [1.54, 1.807) is 0 Å². The fourth-order valence-corrected chi connectivity index (χ4v) is 5.69. The Kier molecular flexibility index (Phi) is 7.86. The molecule has 1 aromatic rings. The second kappa shape index (κ2) is 10.8. The first-order valence-corrected chi connectivity index (χ1v) is 12.9. The normalized spacial score (nSPS) is 24.2. The van der Waals surface area contributed by atoms with E-state index < -0.39 is 0 Å². The standard InChI is InChI=1S/C24H40N6S/c1-30(2)22-20-10-6-7-11-21(20)28-23(29-22)26-18-12-14-19(15-13-18)27-24(31)25-16-17-8-4-3-5-9-17/h17-19H,3-16H2,1-2H3,(H2,25,27,31)(H,26,28,29). The summed E-state index contributed by atoms with van der Waals surface area (Å²) in [4.78, 5) is 11.9. The lowest BCUT2D eigenvalue weighted by molar-refractivity contribution is 0.353. The molecule has 2 fully saturated rings. The van der Waals surface area contributed by atoms with E-state index in [0.29, 0.717) is 12.1 Å². The van der Waals surface area contributed by atoms with Crippen LogP contribution in [0.25, 0.3) is 0 Å². The molecule has 0 aromatic carbocycles. The molecule has 172 valence electrons. The van der Waals surface area contributed by atoms with Crippen molar-refractivity contribution in [2.75, 3.05) is 30.9 Å². The van der Waals surface area contributed by atoms with Crippen molar-refractivity contribution in [3.05, 3.63) is 11.3 Å². The van der Waals surface area contributed by atoms with Crippen molar-refractivity contribution in [1.29, 1.82) is 0 Å². The fraction of sp³-hybridized carbons (Fsp3) is 0.792. The molecule has 0 aliphatic heterocycles. The Bertz CT molecular complexity index is 738. The molecule has 7 heteroatoms. The van der Waals surface area contributed by atoms with Crippen LogP contribution in [-0.2, 0) is 12.8 Å². The molecule has 0 bridgehead atoms. The van der Waals surface area contributed by atoms with Gasteiger partial charge in [-0.1, -0.05) is 19.3 Å². The molecule has 3 aliphatic carbocycles. The number of nitrogens with zero attached hydrogens (tertiary/aromatic N) is 3. The number of rotatable bonds is 6. The Morgan fingerprint density at radius 2 is 1.61 bits per heavy atom. The zero-order valence-electron chi connectivity index (χ0n) is 19.4. The molecule has 1 heterocycles. The van der Waals surface area contributed by atoms with E-state index >= 15 is 0 Å². The van der Waals surface area contributed by atoms with Crippen molar-refractivity contribution in [3.63, 3.8) is 0 Å². The summed E-state index contributed by atoms with van der Waals surface area (Å²) in [5, 5.41) is 11.5. The van der Waals surface area contributed by atoms with Crippen LogP contribution in [-0.4, -0.2) is 47.8 Å². The highest BCUT2D eigenvalue weighted by molar-refractivity contribution is 7.80. The lowest BCUT2D eigenvalue weighted by Crippen LogP contribution is -2.46. The summed E-state index contributed by atoms with van der Waals surface area (Å²) in [7, 11) is 4.17. The molecule has 0 amide bonds. The number of hydrogen-bond donors (Lipinski definition) is 3. The third-order valence-electron chi connectivity index (χ3n) is 7.26. The van der Waals surface area contributed by atoms with E-state index in [9.17, 15) is 0 Å². The molecule has 4 rings (SSSR count). The van der Waals surface area contributed by atoms with E-state index in [-0.39, 0.29) is 0 Å². The van der Waals surface area contributed by atoms with Gasteiger partial charge in [0.2, 0.25) is 5.95 Å². The summed E-state index contributed by atoms with van der Waals surface area (Å²) in [6.45, 7) is 1.03. The maximum absolute atomic E-state index is 5.57. The lowest BCUT2D eigenvalue weighted by atomic mass is 9.89. The molecular weight excluding hydrogens is 404 g/mol. The summed E-state index contributed by atoms with van der Waals surface area (Å²) in [5.41, 5.74) is 2.60. The molecule has 1 aromatic heterocycles. The van der Waals surface area contributed by atoms with Crippen LogP contribution >= 0.6 is 12.2 Å². The highest BCUT2D eigenvalue weighted by Gasteiger charge is 2.24. The number of aromatic nitrogens is 2. The van der Waals surface area contributed by atoms with Gasteiger partial charge >= 0.3 is 0 Å². The van der Waals surface area contributed by atoms with Gasteiger partial charge in [0.1, 0.15) is 5.82 Å². The predicted molar refractivity (Wildman–Crippen MR) is 133 cm³/mol. The lowest BCUT2D eigenvalue weighted by Gasteiger charge is -2.31. The van der Waals surface area contributed by atoms with Gasteiger partial charge in [0.25, 0.3) is 0 Å². The largest absolute Gasteiger partial charge is 0.362 e. The Labute approximate surface area is 193 Å². The van der Waals surface area contributed by atoms with Crippen molar-refractivity contribution >= 4 is 29.1 Å². The van der Waals surface area contributed by atoms with Crippen LogP contribution in [0.3, 0.4) is 0 Å². The van der Waals surface area contributed by atoms with Crippen LogP contribution in [0.2, 0.25) is 0 Å². The summed E-state index contributed by atoms with van der Waals surface area (Å²) in [6, 6.07) is 0.921. The van der Waals surface area contributed by atoms with Crippen molar-refractivity contribution in [2.24, 2.45) is 5.92 Å². The molecule has 3 N–H and O–H groups in total. The number of aryl methyl sites for hydroxylation is 1. The zero-order chi connectivity index (χ0) is 21.6. The van der Waals surface area contributed by atoms with Crippen molar-refractivity contribution < 1.29 is 0 Å². The van der Waals surface area contributed by atoms with Gasteiger partial charge in [0, 0.05) is 38.3 Å². The topological polar surface area (TPSA) is 65.1 Å². The predicted octanol–water partition coefficient (Wildman–Crippen LogP) is 4.19. The average Bonchev–Trinajstić information content (AvgIpc) is 2.79. The monoisotopic (exact) mass is 444 g/mol. The Morgan fingerprint density at radius 1 is 0.903 bits per heavy atom. The molecule has 0 unspecified atom stereocenters. The number of nitrogens with one attached hydrogen (secondary N) is 3. The van der Waals surface area contributed by atoms with Crippen LogP contribution in [0, 0.1) is 5.92 Å². The van der Waals surface area contributed by atoms with Gasteiger partial charge in [-0.25, -0.2) is 4.98 Å². The van der Waals surface area contributed by atoms with Crippen molar-refractivity contribution in [3.8, 4) is 0 Å². The maximum Gasteiger partial charge on any atom is 0.225 e. The summed E-state index contributed by atoms with van der Waals surface area (Å²) in [6.07, 6.45) is 16.1. The quantitative estimate of drug-likeness (QED) is 0.569. The van der Waals surface area contributed by atoms with Crippen LogP contribution in [0.4, 0.5) is 11.8 Å². The second-order valence-corrected chi connectivity index (χ2v) is 10.4. The minimum Gasteiger partial charge on any atom is -0.362 e. The third kappa shape index (κ3) is 6.21. The Balaban J connectivity index is 1.24. The van der Waals surface area contributed by atoms with Gasteiger partial charge in [-0.2, -0.15) is 4.98 Å². The van der Waals surface area contributed by atoms with E-state index in [1.165, 1.54) is 56.2 Å². The van der Waals surface area contributed by atoms with Gasteiger partial charge < -0.3 is 20.9 Å². The fourth-order valence-electron chi connectivity index (χ4n) is 5.44. The smallest absolute Gasteiger partial charge is 0.225 e. The minimum absolute atomic E-state index is 0.443. The van der Waals surface area contributed by atoms with E-state index in [0.717, 1.165) is 67.9 Å². The second-order valence-electron chi connectivity index (χ2n) is 9.95. The van der Waals surface area contributed by atoms with Crippen molar-refractivity contribution in [2.45, 2.75) is 95.6 Å². The Morgan fingerprint density at radius 3 is 2.35 bits per heavy atom. The van der Waals surface area contributed by atoms with Gasteiger partial charge in [0.05, 0.1) is 5.69 Å². The van der Waals surface area contributed by atoms with Gasteiger partial charge in [0.15, 0.2) is 5.11 Å². The van der Waals surface area contributed by atoms with E-state index in [1.807, 2.05) is 0 Å². The van der Waals surface area contributed by atoms with E-state index in [4.69, 9.17) is 22.2 Å². The first kappa shape index (κ1) is 22.6. The number of hydrogen-bond acceptors (Lipinski definition) is 5. The van der Waals surface area contributed by atoms with Crippen LogP contribution in [0.15, 0.2) is 0 Å². The highest BCUT2D eigenvalue weighted by Crippen LogP contribution is 2.29. The molecule has 6 nitrogen and oxygen atoms in total. The van der Waals surface area contributed by atoms with Crippen LogP contribution in [0.5, 0.6) is 0 Å².